The summed E-state index contributed by atoms with van der Waals surface area (Å²) in [5.41, 5.74) is 9.83. The van der Waals surface area contributed by atoms with Crippen molar-refractivity contribution in [1.29, 1.82) is 0 Å². The lowest BCUT2D eigenvalue weighted by atomic mass is 10.2. The van der Waals surface area contributed by atoms with Crippen LogP contribution in [0.15, 0.2) is 52.5 Å². The summed E-state index contributed by atoms with van der Waals surface area (Å²) in [4.78, 5) is 8.95. The number of nitrogens with two attached hydrogens (primary N) is 1. The van der Waals surface area contributed by atoms with Gasteiger partial charge in [-0.05, 0) is 42.8 Å². The molecule has 0 aliphatic rings. The lowest BCUT2D eigenvalue weighted by Crippen LogP contribution is -1.83. The van der Waals surface area contributed by atoms with Gasteiger partial charge in [-0.15, -0.1) is 0 Å². The molecule has 3 N–H and O–H groups in total. The molecule has 0 unspecified atom stereocenters. The SMILES string of the molecule is Cc1ccc2nc(Sc3cccc(N)c3)[nH]c2c1. The number of aryl methyl sites for hydroxylation is 1. The molecule has 3 aromatic rings. The molecule has 0 bridgehead atoms. The van der Waals surface area contributed by atoms with Crippen molar-refractivity contribution in [2.24, 2.45) is 0 Å². The molecule has 18 heavy (non-hydrogen) atoms. The summed E-state index contributed by atoms with van der Waals surface area (Å²) in [6.45, 7) is 2.07. The first-order valence-corrected chi connectivity index (χ1v) is 6.52. The van der Waals surface area contributed by atoms with Gasteiger partial charge < -0.3 is 10.7 Å². The van der Waals surface area contributed by atoms with E-state index in [1.54, 1.807) is 11.8 Å². The predicted octanol–water partition coefficient (Wildman–Crippen LogP) is 3.60. The van der Waals surface area contributed by atoms with Gasteiger partial charge in [0.05, 0.1) is 11.0 Å². The number of hydrogen-bond donors (Lipinski definition) is 2. The van der Waals surface area contributed by atoms with Gasteiger partial charge in [-0.3, -0.25) is 0 Å². The molecule has 3 nitrogen and oxygen atoms in total. The van der Waals surface area contributed by atoms with E-state index in [1.165, 1.54) is 5.56 Å². The molecule has 90 valence electrons. The highest BCUT2D eigenvalue weighted by Gasteiger charge is 2.04. The molecular weight excluding hydrogens is 242 g/mol. The Hall–Kier alpha value is -1.94. The topological polar surface area (TPSA) is 54.7 Å². The molecular formula is C14H13N3S. The van der Waals surface area contributed by atoms with Gasteiger partial charge in [0.25, 0.3) is 0 Å². The maximum atomic E-state index is 5.76. The van der Waals surface area contributed by atoms with Crippen molar-refractivity contribution in [1.82, 2.24) is 9.97 Å². The van der Waals surface area contributed by atoms with Gasteiger partial charge in [0.2, 0.25) is 0 Å². The summed E-state index contributed by atoms with van der Waals surface area (Å²) in [5, 5.41) is 0.890. The van der Waals surface area contributed by atoms with Crippen molar-refractivity contribution in [3.8, 4) is 0 Å². The number of fused-ring (bicyclic) bond motifs is 1. The first kappa shape index (κ1) is 11.2. The highest BCUT2D eigenvalue weighted by atomic mass is 32.2. The number of aromatic nitrogens is 2. The number of aromatic amines is 1. The fraction of sp³-hybridized carbons (Fsp3) is 0.0714. The van der Waals surface area contributed by atoms with Crippen LogP contribution >= 0.6 is 11.8 Å². The van der Waals surface area contributed by atoms with E-state index < -0.39 is 0 Å². The number of hydrogen-bond acceptors (Lipinski definition) is 3. The van der Waals surface area contributed by atoms with Gasteiger partial charge in [0.1, 0.15) is 0 Å². The third-order valence-electron chi connectivity index (χ3n) is 2.69. The summed E-state index contributed by atoms with van der Waals surface area (Å²) in [6.07, 6.45) is 0. The zero-order valence-electron chi connectivity index (χ0n) is 9.97. The molecule has 3 rings (SSSR count). The zero-order valence-corrected chi connectivity index (χ0v) is 10.8. The molecule has 0 radical (unpaired) electrons. The Labute approximate surface area is 109 Å². The average molecular weight is 255 g/mol. The van der Waals surface area contributed by atoms with Crippen molar-refractivity contribution in [3.63, 3.8) is 0 Å². The third-order valence-corrected chi connectivity index (χ3v) is 3.56. The van der Waals surface area contributed by atoms with Crippen LogP contribution in [0.2, 0.25) is 0 Å². The first-order chi connectivity index (χ1) is 8.70. The van der Waals surface area contributed by atoms with Gasteiger partial charge in [0.15, 0.2) is 5.16 Å². The van der Waals surface area contributed by atoms with E-state index in [2.05, 4.69) is 29.0 Å². The van der Waals surface area contributed by atoms with Crippen LogP contribution in [-0.2, 0) is 0 Å². The number of anilines is 1. The maximum absolute atomic E-state index is 5.76. The van der Waals surface area contributed by atoms with E-state index in [0.717, 1.165) is 26.8 Å². The van der Waals surface area contributed by atoms with E-state index in [1.807, 2.05) is 30.3 Å². The van der Waals surface area contributed by atoms with Crippen molar-refractivity contribution in [2.75, 3.05) is 5.73 Å². The zero-order chi connectivity index (χ0) is 12.5. The van der Waals surface area contributed by atoms with Crippen LogP contribution in [0, 0.1) is 6.92 Å². The molecule has 0 aliphatic heterocycles. The third kappa shape index (κ3) is 2.19. The molecule has 0 aliphatic carbocycles. The number of nitrogens with zero attached hydrogens (tertiary/aromatic N) is 1. The molecule has 1 heterocycles. The summed E-state index contributed by atoms with van der Waals surface area (Å²) < 4.78 is 0. The fourth-order valence-electron chi connectivity index (χ4n) is 1.84. The van der Waals surface area contributed by atoms with E-state index in [0.29, 0.717) is 0 Å². The van der Waals surface area contributed by atoms with Gasteiger partial charge in [0, 0.05) is 10.6 Å². The molecule has 0 saturated heterocycles. The van der Waals surface area contributed by atoms with Crippen molar-refractivity contribution >= 4 is 28.5 Å². The van der Waals surface area contributed by atoms with Crippen molar-refractivity contribution in [3.05, 3.63) is 48.0 Å². The van der Waals surface area contributed by atoms with E-state index >= 15 is 0 Å². The van der Waals surface area contributed by atoms with Crippen LogP contribution in [0.4, 0.5) is 5.69 Å². The Morgan fingerprint density at radius 1 is 1.17 bits per heavy atom. The minimum Gasteiger partial charge on any atom is -0.399 e. The second-order valence-corrected chi connectivity index (χ2v) is 5.30. The Morgan fingerprint density at radius 3 is 2.89 bits per heavy atom. The summed E-state index contributed by atoms with van der Waals surface area (Å²) in [6, 6.07) is 14.0. The van der Waals surface area contributed by atoms with E-state index in [9.17, 15) is 0 Å². The van der Waals surface area contributed by atoms with Gasteiger partial charge in [-0.2, -0.15) is 0 Å². The van der Waals surface area contributed by atoms with Crippen molar-refractivity contribution in [2.45, 2.75) is 17.0 Å². The lowest BCUT2D eigenvalue weighted by Gasteiger charge is -1.98. The van der Waals surface area contributed by atoms with Crippen LogP contribution < -0.4 is 5.73 Å². The number of H-pyrrole nitrogens is 1. The molecule has 0 fully saturated rings. The van der Waals surface area contributed by atoms with Crippen LogP contribution in [0.1, 0.15) is 5.56 Å². The average Bonchev–Trinajstić information content (AvgIpc) is 2.70. The minimum absolute atomic E-state index is 0.770. The fourth-order valence-corrected chi connectivity index (χ4v) is 2.71. The second kappa shape index (κ2) is 4.38. The standard InChI is InChI=1S/C14H13N3S/c1-9-5-6-12-13(7-9)17-14(16-12)18-11-4-2-3-10(15)8-11/h2-8H,15H2,1H3,(H,16,17). The number of nitrogens with one attached hydrogen (secondary N) is 1. The molecule has 2 aromatic carbocycles. The summed E-state index contributed by atoms with van der Waals surface area (Å²) in [7, 11) is 0. The predicted molar refractivity (Wildman–Crippen MR) is 75.8 cm³/mol. The lowest BCUT2D eigenvalue weighted by molar-refractivity contribution is 1.08. The smallest absolute Gasteiger partial charge is 0.171 e. The second-order valence-electron chi connectivity index (χ2n) is 4.24. The van der Waals surface area contributed by atoms with Crippen LogP contribution in [-0.4, -0.2) is 9.97 Å². The number of nitrogen functional groups attached to an aromatic ring is 1. The number of rotatable bonds is 2. The highest BCUT2D eigenvalue weighted by molar-refractivity contribution is 7.99. The Bertz CT molecular complexity index is 703. The molecule has 4 heteroatoms. The Morgan fingerprint density at radius 2 is 2.06 bits per heavy atom. The number of imidazole rings is 1. The van der Waals surface area contributed by atoms with Gasteiger partial charge in [-0.1, -0.05) is 23.9 Å². The Kier molecular flexibility index (Phi) is 2.72. The molecule has 1 aromatic heterocycles. The molecule has 0 atom stereocenters. The van der Waals surface area contributed by atoms with E-state index in [4.69, 9.17) is 5.73 Å². The maximum Gasteiger partial charge on any atom is 0.171 e. The van der Waals surface area contributed by atoms with E-state index in [-0.39, 0.29) is 0 Å². The summed E-state index contributed by atoms with van der Waals surface area (Å²) >= 11 is 1.59. The Balaban J connectivity index is 1.95. The minimum atomic E-state index is 0.770. The summed E-state index contributed by atoms with van der Waals surface area (Å²) in [5.74, 6) is 0. The highest BCUT2D eigenvalue weighted by Crippen LogP contribution is 2.28. The molecule has 0 amide bonds. The first-order valence-electron chi connectivity index (χ1n) is 5.70. The molecule has 0 saturated carbocycles. The monoisotopic (exact) mass is 255 g/mol. The number of benzene rings is 2. The van der Waals surface area contributed by atoms with Gasteiger partial charge in [-0.25, -0.2) is 4.98 Å². The normalized spacial score (nSPS) is 10.9. The van der Waals surface area contributed by atoms with Crippen molar-refractivity contribution < 1.29 is 0 Å². The van der Waals surface area contributed by atoms with Crippen LogP contribution in [0.5, 0.6) is 0 Å². The van der Waals surface area contributed by atoms with Crippen LogP contribution in [0.25, 0.3) is 11.0 Å². The van der Waals surface area contributed by atoms with Crippen LogP contribution in [0.3, 0.4) is 0 Å². The van der Waals surface area contributed by atoms with Gasteiger partial charge >= 0.3 is 0 Å². The molecule has 0 spiro atoms. The quantitative estimate of drug-likeness (QED) is 0.688. The largest absolute Gasteiger partial charge is 0.399 e.